The molecule has 4 nitrogen and oxygen atoms in total. The minimum atomic E-state index is -0.578. The minimum absolute atomic E-state index is 0.303. The molecule has 1 amide bonds. The highest BCUT2D eigenvalue weighted by molar-refractivity contribution is 5.85. The normalized spacial score (nSPS) is 12.1. The Hall–Kier alpha value is -1.62. The van der Waals surface area contributed by atoms with Gasteiger partial charge in [-0.05, 0) is 62.9 Å². The molecule has 0 radical (unpaired) electrons. The third-order valence-electron chi connectivity index (χ3n) is 3.11. The number of hydrogen-bond acceptors (Lipinski definition) is 3. The number of rotatable bonds is 4. The van der Waals surface area contributed by atoms with Crippen LogP contribution in [-0.4, -0.2) is 18.2 Å². The molecular formula is C16H25FN2O2. The van der Waals surface area contributed by atoms with Gasteiger partial charge in [-0.15, -0.1) is 0 Å². The largest absolute Gasteiger partial charge is 0.444 e. The van der Waals surface area contributed by atoms with E-state index in [0.29, 0.717) is 24.2 Å². The first kappa shape index (κ1) is 17.4. The second-order valence-corrected chi connectivity index (χ2v) is 6.74. The van der Waals surface area contributed by atoms with Crippen LogP contribution in [0, 0.1) is 5.82 Å². The van der Waals surface area contributed by atoms with Crippen LogP contribution in [-0.2, 0) is 10.2 Å². The first-order chi connectivity index (χ1) is 9.55. The smallest absolute Gasteiger partial charge is 0.412 e. The molecule has 0 aliphatic rings. The number of halogens is 1. The molecule has 0 atom stereocenters. The van der Waals surface area contributed by atoms with Gasteiger partial charge in [0.15, 0.2) is 0 Å². The molecule has 0 saturated heterocycles. The summed E-state index contributed by atoms with van der Waals surface area (Å²) in [6.45, 7) is 9.67. The number of carbonyl (C=O) groups excluding carboxylic acids is 1. The van der Waals surface area contributed by atoms with Crippen molar-refractivity contribution in [1.82, 2.24) is 0 Å². The Bertz CT molecular complexity index is 507. The molecule has 1 aromatic rings. The van der Waals surface area contributed by atoms with E-state index in [4.69, 9.17) is 10.5 Å². The summed E-state index contributed by atoms with van der Waals surface area (Å²) in [5.74, 6) is -0.303. The van der Waals surface area contributed by atoms with Crippen molar-refractivity contribution in [3.63, 3.8) is 0 Å². The fourth-order valence-electron chi connectivity index (χ4n) is 2.04. The molecule has 0 aromatic heterocycles. The Morgan fingerprint density at radius 1 is 1.29 bits per heavy atom. The van der Waals surface area contributed by atoms with E-state index in [1.165, 1.54) is 12.1 Å². The van der Waals surface area contributed by atoms with E-state index in [0.717, 1.165) is 0 Å². The molecule has 0 aliphatic carbocycles. The number of benzene rings is 1. The number of nitrogens with one attached hydrogen (secondary N) is 1. The van der Waals surface area contributed by atoms with Crippen LogP contribution in [0.25, 0.3) is 0 Å². The second kappa shape index (κ2) is 6.43. The van der Waals surface area contributed by atoms with Gasteiger partial charge in [0.1, 0.15) is 11.4 Å². The Labute approximate surface area is 125 Å². The zero-order valence-corrected chi connectivity index (χ0v) is 13.4. The lowest BCUT2D eigenvalue weighted by atomic mass is 9.81. The van der Waals surface area contributed by atoms with Crippen LogP contribution in [0.15, 0.2) is 18.2 Å². The Kier molecular flexibility index (Phi) is 5.34. The van der Waals surface area contributed by atoms with Crippen LogP contribution in [0.5, 0.6) is 0 Å². The van der Waals surface area contributed by atoms with E-state index in [1.54, 1.807) is 26.8 Å². The zero-order valence-electron chi connectivity index (χ0n) is 13.4. The monoisotopic (exact) mass is 296 g/mol. The summed E-state index contributed by atoms with van der Waals surface area (Å²) in [6.07, 6.45) is 0.0940. The zero-order chi connectivity index (χ0) is 16.3. The van der Waals surface area contributed by atoms with E-state index >= 15 is 0 Å². The van der Waals surface area contributed by atoms with Crippen molar-refractivity contribution in [2.24, 2.45) is 5.73 Å². The number of nitrogens with two attached hydrogens (primary N) is 1. The first-order valence-corrected chi connectivity index (χ1v) is 7.05. The van der Waals surface area contributed by atoms with Crippen molar-refractivity contribution in [3.8, 4) is 0 Å². The average molecular weight is 296 g/mol. The lowest BCUT2D eigenvalue weighted by Crippen LogP contribution is -2.27. The van der Waals surface area contributed by atoms with Gasteiger partial charge in [0.25, 0.3) is 0 Å². The molecule has 21 heavy (non-hydrogen) atoms. The Morgan fingerprint density at radius 2 is 1.90 bits per heavy atom. The summed E-state index contributed by atoms with van der Waals surface area (Å²) in [7, 11) is 0. The van der Waals surface area contributed by atoms with Gasteiger partial charge < -0.3 is 10.5 Å². The second-order valence-electron chi connectivity index (χ2n) is 6.74. The lowest BCUT2D eigenvalue weighted by Gasteiger charge is -2.26. The molecule has 0 spiro atoms. The first-order valence-electron chi connectivity index (χ1n) is 7.05. The van der Waals surface area contributed by atoms with E-state index in [2.05, 4.69) is 5.32 Å². The van der Waals surface area contributed by atoms with E-state index in [1.807, 2.05) is 13.8 Å². The molecule has 0 heterocycles. The van der Waals surface area contributed by atoms with Gasteiger partial charge >= 0.3 is 6.09 Å². The van der Waals surface area contributed by atoms with Crippen molar-refractivity contribution in [2.45, 2.75) is 52.1 Å². The summed E-state index contributed by atoms with van der Waals surface area (Å²) in [4.78, 5) is 11.8. The molecule has 0 unspecified atom stereocenters. The van der Waals surface area contributed by atoms with E-state index < -0.39 is 17.1 Å². The van der Waals surface area contributed by atoms with Gasteiger partial charge in [-0.3, -0.25) is 5.32 Å². The number of hydrogen-bond donors (Lipinski definition) is 2. The SMILES string of the molecule is CC(C)(C)OC(=O)Nc1ccc(F)c(C(C)(C)CCN)c1. The molecule has 0 fully saturated rings. The predicted octanol–water partition coefficient (Wildman–Crippen LogP) is 3.80. The molecule has 0 saturated carbocycles. The quantitative estimate of drug-likeness (QED) is 0.888. The van der Waals surface area contributed by atoms with Crippen LogP contribution in [0.3, 0.4) is 0 Å². The van der Waals surface area contributed by atoms with Crippen molar-refractivity contribution in [1.29, 1.82) is 0 Å². The maximum absolute atomic E-state index is 14.0. The fraction of sp³-hybridized carbons (Fsp3) is 0.562. The number of anilines is 1. The molecule has 118 valence electrons. The van der Waals surface area contributed by atoms with Gasteiger partial charge in [0.2, 0.25) is 0 Å². The van der Waals surface area contributed by atoms with Crippen molar-refractivity contribution >= 4 is 11.8 Å². The van der Waals surface area contributed by atoms with Gasteiger partial charge in [-0.25, -0.2) is 9.18 Å². The highest BCUT2D eigenvalue weighted by atomic mass is 19.1. The lowest BCUT2D eigenvalue weighted by molar-refractivity contribution is 0.0636. The number of carbonyl (C=O) groups is 1. The summed E-state index contributed by atoms with van der Waals surface area (Å²) >= 11 is 0. The number of ether oxygens (including phenoxy) is 1. The van der Waals surface area contributed by atoms with Crippen LogP contribution >= 0.6 is 0 Å². The highest BCUT2D eigenvalue weighted by Gasteiger charge is 2.24. The van der Waals surface area contributed by atoms with E-state index in [9.17, 15) is 9.18 Å². The van der Waals surface area contributed by atoms with Gasteiger partial charge in [0, 0.05) is 5.69 Å². The standard InChI is InChI=1S/C16H25FN2O2/c1-15(2,3)21-14(20)19-11-6-7-13(17)12(10-11)16(4,5)8-9-18/h6-7,10H,8-9,18H2,1-5H3,(H,19,20). The summed E-state index contributed by atoms with van der Waals surface area (Å²) in [5, 5.41) is 2.62. The molecule has 5 heteroatoms. The summed E-state index contributed by atoms with van der Waals surface area (Å²) < 4.78 is 19.2. The molecular weight excluding hydrogens is 271 g/mol. The molecule has 1 rings (SSSR count). The Balaban J connectivity index is 2.94. The van der Waals surface area contributed by atoms with Gasteiger partial charge in [-0.1, -0.05) is 13.8 Å². The summed E-state index contributed by atoms with van der Waals surface area (Å²) in [5.41, 5.74) is 5.64. The average Bonchev–Trinajstić information content (AvgIpc) is 2.28. The molecule has 3 N–H and O–H groups in total. The number of amides is 1. The Morgan fingerprint density at radius 3 is 2.43 bits per heavy atom. The van der Waals surface area contributed by atoms with E-state index in [-0.39, 0.29) is 5.82 Å². The predicted molar refractivity (Wildman–Crippen MR) is 83.0 cm³/mol. The van der Waals surface area contributed by atoms with Crippen molar-refractivity contribution in [3.05, 3.63) is 29.6 Å². The molecule has 1 aromatic carbocycles. The van der Waals surface area contributed by atoms with Crippen molar-refractivity contribution < 1.29 is 13.9 Å². The third-order valence-corrected chi connectivity index (χ3v) is 3.11. The fourth-order valence-corrected chi connectivity index (χ4v) is 2.04. The van der Waals surface area contributed by atoms with Crippen molar-refractivity contribution in [2.75, 3.05) is 11.9 Å². The topological polar surface area (TPSA) is 64.3 Å². The summed E-state index contributed by atoms with van der Waals surface area (Å²) in [6, 6.07) is 4.50. The highest BCUT2D eigenvalue weighted by Crippen LogP contribution is 2.31. The van der Waals surface area contributed by atoms with Crippen LogP contribution in [0.4, 0.5) is 14.9 Å². The molecule has 0 aliphatic heterocycles. The minimum Gasteiger partial charge on any atom is -0.444 e. The molecule has 0 bridgehead atoms. The van der Waals surface area contributed by atoms with Crippen LogP contribution in [0.2, 0.25) is 0 Å². The maximum Gasteiger partial charge on any atom is 0.412 e. The van der Waals surface area contributed by atoms with Gasteiger partial charge in [0.05, 0.1) is 0 Å². The van der Waals surface area contributed by atoms with Crippen LogP contribution < -0.4 is 11.1 Å². The third kappa shape index (κ3) is 5.34. The maximum atomic E-state index is 14.0. The van der Waals surface area contributed by atoms with Crippen LogP contribution in [0.1, 0.15) is 46.6 Å². The van der Waals surface area contributed by atoms with Gasteiger partial charge in [-0.2, -0.15) is 0 Å².